The van der Waals surface area contributed by atoms with Gasteiger partial charge in [0.1, 0.15) is 5.82 Å². The summed E-state index contributed by atoms with van der Waals surface area (Å²) in [6.07, 6.45) is -4.46. The number of anilines is 2. The van der Waals surface area contributed by atoms with E-state index in [0.29, 0.717) is 32.0 Å². The summed E-state index contributed by atoms with van der Waals surface area (Å²) < 4.78 is 39.0. The molecule has 0 saturated carbocycles. The minimum atomic E-state index is -4.46. The number of carbonyl (C=O) groups is 1. The van der Waals surface area contributed by atoms with Crippen LogP contribution >= 0.6 is 0 Å². The highest BCUT2D eigenvalue weighted by Gasteiger charge is 2.31. The SMILES string of the molecule is Cc1cccc(-c2nc(C)c(C(C)C)c(N3CCN(C(=O)Nc4cccc(C(F)(F)F)c4)CC3)n2)c1. The number of nitrogens with one attached hydrogen (secondary N) is 1. The molecule has 190 valence electrons. The summed E-state index contributed by atoms with van der Waals surface area (Å²) in [5.41, 5.74) is 3.41. The molecule has 1 N–H and O–H groups in total. The van der Waals surface area contributed by atoms with E-state index in [4.69, 9.17) is 9.97 Å². The van der Waals surface area contributed by atoms with Crippen molar-refractivity contribution in [3.8, 4) is 11.4 Å². The van der Waals surface area contributed by atoms with Crippen molar-refractivity contribution in [3.05, 3.63) is 70.9 Å². The first-order chi connectivity index (χ1) is 17.0. The van der Waals surface area contributed by atoms with Crippen LogP contribution in [0, 0.1) is 13.8 Å². The van der Waals surface area contributed by atoms with Gasteiger partial charge in [-0.1, -0.05) is 43.7 Å². The van der Waals surface area contributed by atoms with E-state index in [1.54, 1.807) is 4.90 Å². The van der Waals surface area contributed by atoms with Crippen LogP contribution in [0.4, 0.5) is 29.5 Å². The highest BCUT2D eigenvalue weighted by atomic mass is 19.4. The summed E-state index contributed by atoms with van der Waals surface area (Å²) in [4.78, 5) is 26.3. The lowest BCUT2D eigenvalue weighted by Crippen LogP contribution is -2.50. The van der Waals surface area contributed by atoms with E-state index >= 15 is 0 Å². The number of aromatic nitrogens is 2. The van der Waals surface area contributed by atoms with Crippen LogP contribution in [0.5, 0.6) is 0 Å². The number of benzene rings is 2. The molecule has 2 aromatic carbocycles. The van der Waals surface area contributed by atoms with Crippen LogP contribution in [0.1, 0.15) is 42.1 Å². The predicted molar refractivity (Wildman–Crippen MR) is 135 cm³/mol. The van der Waals surface area contributed by atoms with Crippen LogP contribution in [0.15, 0.2) is 48.5 Å². The zero-order valence-electron chi connectivity index (χ0n) is 20.9. The fourth-order valence-corrected chi connectivity index (χ4v) is 4.49. The molecule has 2 amide bonds. The third kappa shape index (κ3) is 5.61. The normalized spacial score (nSPS) is 14.3. The van der Waals surface area contributed by atoms with Gasteiger partial charge < -0.3 is 15.1 Å². The molecule has 36 heavy (non-hydrogen) atoms. The molecule has 0 aliphatic carbocycles. The number of halogens is 3. The lowest BCUT2D eigenvalue weighted by molar-refractivity contribution is -0.137. The Morgan fingerprint density at radius 1 is 0.972 bits per heavy atom. The first kappa shape index (κ1) is 25.5. The first-order valence-corrected chi connectivity index (χ1v) is 12.0. The number of hydrogen-bond acceptors (Lipinski definition) is 4. The Morgan fingerprint density at radius 2 is 1.67 bits per heavy atom. The number of alkyl halides is 3. The third-order valence-corrected chi connectivity index (χ3v) is 6.28. The first-order valence-electron chi connectivity index (χ1n) is 12.0. The van der Waals surface area contributed by atoms with Gasteiger partial charge in [0.05, 0.1) is 5.56 Å². The van der Waals surface area contributed by atoms with Crippen molar-refractivity contribution in [1.29, 1.82) is 0 Å². The Bertz CT molecular complexity index is 1250. The largest absolute Gasteiger partial charge is 0.416 e. The average Bonchev–Trinajstić information content (AvgIpc) is 2.83. The maximum absolute atomic E-state index is 13.0. The Hall–Kier alpha value is -3.62. The number of nitrogens with zero attached hydrogens (tertiary/aromatic N) is 4. The van der Waals surface area contributed by atoms with Gasteiger partial charge in [-0.05, 0) is 44.0 Å². The smallest absolute Gasteiger partial charge is 0.353 e. The van der Waals surface area contributed by atoms with E-state index in [9.17, 15) is 18.0 Å². The molecule has 0 unspecified atom stereocenters. The van der Waals surface area contributed by atoms with E-state index in [1.807, 2.05) is 32.0 Å². The van der Waals surface area contributed by atoms with E-state index in [1.165, 1.54) is 12.1 Å². The van der Waals surface area contributed by atoms with Crippen molar-refractivity contribution in [2.75, 3.05) is 36.4 Å². The van der Waals surface area contributed by atoms with Crippen molar-refractivity contribution in [1.82, 2.24) is 14.9 Å². The number of piperazine rings is 1. The number of rotatable bonds is 4. The lowest BCUT2D eigenvalue weighted by Gasteiger charge is -2.37. The number of urea groups is 1. The zero-order chi connectivity index (χ0) is 26.0. The van der Waals surface area contributed by atoms with Gasteiger partial charge in [-0.15, -0.1) is 0 Å². The molecule has 1 fully saturated rings. The second-order valence-electron chi connectivity index (χ2n) is 9.38. The van der Waals surface area contributed by atoms with Gasteiger partial charge in [-0.2, -0.15) is 13.2 Å². The van der Waals surface area contributed by atoms with E-state index < -0.39 is 17.8 Å². The second-order valence-corrected chi connectivity index (χ2v) is 9.38. The van der Waals surface area contributed by atoms with Gasteiger partial charge in [-0.25, -0.2) is 14.8 Å². The average molecular weight is 498 g/mol. The maximum Gasteiger partial charge on any atom is 0.416 e. The summed E-state index contributed by atoms with van der Waals surface area (Å²) in [5.74, 6) is 1.75. The minimum Gasteiger partial charge on any atom is -0.353 e. The predicted octanol–water partition coefficient (Wildman–Crippen LogP) is 6.26. The molecule has 1 aliphatic rings. The van der Waals surface area contributed by atoms with Crippen molar-refractivity contribution in [2.45, 2.75) is 39.8 Å². The molecular weight excluding hydrogens is 467 g/mol. The summed E-state index contributed by atoms with van der Waals surface area (Å²) in [6.45, 7) is 10.2. The number of amides is 2. The van der Waals surface area contributed by atoms with Crippen molar-refractivity contribution in [2.24, 2.45) is 0 Å². The molecule has 0 atom stereocenters. The van der Waals surface area contributed by atoms with Crippen LogP contribution < -0.4 is 10.2 Å². The van der Waals surface area contributed by atoms with Crippen LogP contribution in [0.3, 0.4) is 0 Å². The number of aryl methyl sites for hydroxylation is 2. The van der Waals surface area contributed by atoms with Gasteiger partial charge in [0.15, 0.2) is 5.82 Å². The highest BCUT2D eigenvalue weighted by molar-refractivity contribution is 5.89. The fourth-order valence-electron chi connectivity index (χ4n) is 4.49. The summed E-state index contributed by atoms with van der Waals surface area (Å²) in [7, 11) is 0. The molecule has 0 bridgehead atoms. The minimum absolute atomic E-state index is 0.119. The molecule has 0 radical (unpaired) electrons. The van der Waals surface area contributed by atoms with E-state index in [-0.39, 0.29) is 11.6 Å². The monoisotopic (exact) mass is 497 g/mol. The third-order valence-electron chi connectivity index (χ3n) is 6.28. The Morgan fingerprint density at radius 3 is 2.31 bits per heavy atom. The van der Waals surface area contributed by atoms with Gasteiger partial charge >= 0.3 is 12.2 Å². The van der Waals surface area contributed by atoms with Gasteiger partial charge in [-0.3, -0.25) is 0 Å². The molecule has 3 aromatic rings. The molecule has 6 nitrogen and oxygen atoms in total. The number of hydrogen-bond donors (Lipinski definition) is 1. The van der Waals surface area contributed by atoms with Crippen molar-refractivity contribution < 1.29 is 18.0 Å². The summed E-state index contributed by atoms with van der Waals surface area (Å²) in [6, 6.07) is 12.3. The molecule has 9 heteroatoms. The molecule has 1 saturated heterocycles. The zero-order valence-corrected chi connectivity index (χ0v) is 20.9. The standard InChI is InChI=1S/C27H30F3N5O/c1-17(2)23-19(4)31-24(20-8-5-7-18(3)15-20)33-25(23)34-11-13-35(14-12-34)26(36)32-22-10-6-9-21(16-22)27(28,29)30/h5-10,15-17H,11-14H2,1-4H3,(H,32,36). The molecule has 2 heterocycles. The van der Waals surface area contributed by atoms with Gasteiger partial charge in [0.25, 0.3) is 0 Å². The van der Waals surface area contributed by atoms with Crippen molar-refractivity contribution in [3.63, 3.8) is 0 Å². The molecule has 0 spiro atoms. The lowest BCUT2D eigenvalue weighted by atomic mass is 10.0. The molecule has 1 aromatic heterocycles. The van der Waals surface area contributed by atoms with Crippen LogP contribution in [0.2, 0.25) is 0 Å². The Kier molecular flexibility index (Phi) is 7.19. The Labute approximate surface area is 209 Å². The molecular formula is C27H30F3N5O. The Balaban J connectivity index is 1.51. The quantitative estimate of drug-likeness (QED) is 0.462. The second kappa shape index (κ2) is 10.2. The summed E-state index contributed by atoms with van der Waals surface area (Å²) >= 11 is 0. The van der Waals surface area contributed by atoms with Crippen LogP contribution in [0.25, 0.3) is 11.4 Å². The topological polar surface area (TPSA) is 61.4 Å². The highest BCUT2D eigenvalue weighted by Crippen LogP contribution is 2.32. The van der Waals surface area contributed by atoms with E-state index in [0.717, 1.165) is 40.3 Å². The summed E-state index contributed by atoms with van der Waals surface area (Å²) in [5, 5.41) is 2.60. The van der Waals surface area contributed by atoms with Crippen LogP contribution in [-0.2, 0) is 6.18 Å². The molecule has 1 aliphatic heterocycles. The fraction of sp³-hybridized carbons (Fsp3) is 0.370. The van der Waals surface area contributed by atoms with Gasteiger partial charge in [0, 0.05) is 48.7 Å². The molecule has 4 rings (SSSR count). The van der Waals surface area contributed by atoms with E-state index in [2.05, 4.69) is 30.1 Å². The van der Waals surface area contributed by atoms with Gasteiger partial charge in [0.2, 0.25) is 0 Å². The number of carbonyl (C=O) groups excluding carboxylic acids is 1. The van der Waals surface area contributed by atoms with Crippen molar-refractivity contribution >= 4 is 17.5 Å². The maximum atomic E-state index is 13.0. The van der Waals surface area contributed by atoms with Crippen LogP contribution in [-0.4, -0.2) is 47.1 Å².